The summed E-state index contributed by atoms with van der Waals surface area (Å²) in [6.45, 7) is 3.90. The Morgan fingerprint density at radius 3 is 2.70 bits per heavy atom. The Morgan fingerprint density at radius 1 is 1.30 bits per heavy atom. The summed E-state index contributed by atoms with van der Waals surface area (Å²) >= 11 is 1.28. The maximum Gasteiger partial charge on any atom is 0.267 e. The zero-order chi connectivity index (χ0) is 22.9. The third-order valence-electron chi connectivity index (χ3n) is 5.21. The maximum atomic E-state index is 13.6. The summed E-state index contributed by atoms with van der Waals surface area (Å²) in [5.41, 5.74) is 0.692. The summed E-state index contributed by atoms with van der Waals surface area (Å²) in [6.07, 6.45) is 2.76. The van der Waals surface area contributed by atoms with Crippen molar-refractivity contribution in [2.75, 3.05) is 57.7 Å². The van der Waals surface area contributed by atoms with Crippen LogP contribution < -0.4 is 9.64 Å². The number of morpholine rings is 1. The van der Waals surface area contributed by atoms with Gasteiger partial charge in [0.25, 0.3) is 5.91 Å². The van der Waals surface area contributed by atoms with Crippen molar-refractivity contribution in [3.8, 4) is 5.88 Å². The number of hydrogen-bond donors (Lipinski definition) is 0. The average Bonchev–Trinajstić information content (AvgIpc) is 3.36. The number of rotatable bonds is 7. The van der Waals surface area contributed by atoms with Crippen molar-refractivity contribution in [3.63, 3.8) is 0 Å². The molecule has 33 heavy (non-hydrogen) atoms. The van der Waals surface area contributed by atoms with Gasteiger partial charge in [-0.25, -0.2) is 13.4 Å². The lowest BCUT2D eigenvalue weighted by Crippen LogP contribution is -2.43. The van der Waals surface area contributed by atoms with E-state index in [0.717, 1.165) is 19.3 Å². The number of halogens is 1. The monoisotopic (exact) mass is 515 g/mol. The van der Waals surface area contributed by atoms with Gasteiger partial charge in [0, 0.05) is 45.7 Å². The highest BCUT2D eigenvalue weighted by molar-refractivity contribution is 7.91. The van der Waals surface area contributed by atoms with Crippen LogP contribution in [0.2, 0.25) is 0 Å². The topological polar surface area (TPSA) is 107 Å². The van der Waals surface area contributed by atoms with E-state index in [4.69, 9.17) is 9.47 Å². The molecule has 180 valence electrons. The largest absolute Gasteiger partial charge is 0.479 e. The molecule has 10 nitrogen and oxygen atoms in total. The number of anilines is 1. The highest BCUT2D eigenvalue weighted by Gasteiger charge is 2.28. The first-order chi connectivity index (χ1) is 15.3. The molecule has 0 saturated carbocycles. The number of amides is 1. The summed E-state index contributed by atoms with van der Waals surface area (Å²) in [4.78, 5) is 22.1. The average molecular weight is 516 g/mol. The summed E-state index contributed by atoms with van der Waals surface area (Å²) < 4.78 is 37.4. The van der Waals surface area contributed by atoms with Gasteiger partial charge >= 0.3 is 0 Å². The molecule has 1 aliphatic heterocycles. The van der Waals surface area contributed by atoms with Crippen molar-refractivity contribution in [1.29, 1.82) is 0 Å². The van der Waals surface area contributed by atoms with E-state index in [1.165, 1.54) is 29.2 Å². The van der Waals surface area contributed by atoms with Gasteiger partial charge in [0.2, 0.25) is 5.88 Å². The number of nitrogens with zero attached hydrogens (tertiary/aromatic N) is 5. The quantitative estimate of drug-likeness (QED) is 0.469. The molecule has 2 aromatic heterocycles. The molecule has 4 rings (SSSR count). The predicted molar refractivity (Wildman–Crippen MR) is 129 cm³/mol. The minimum Gasteiger partial charge on any atom is -0.479 e. The van der Waals surface area contributed by atoms with E-state index in [2.05, 4.69) is 15.0 Å². The molecule has 3 aromatic rings. The van der Waals surface area contributed by atoms with Crippen molar-refractivity contribution in [3.05, 3.63) is 30.0 Å². The summed E-state index contributed by atoms with van der Waals surface area (Å²) in [6, 6.07) is 5.02. The number of carbonyl (C=O) groups excluding carboxylic acids is 1. The second-order valence-corrected chi connectivity index (χ2v) is 10.5. The van der Waals surface area contributed by atoms with E-state index in [0.29, 0.717) is 47.2 Å². The third kappa shape index (κ3) is 5.46. The van der Waals surface area contributed by atoms with Gasteiger partial charge in [-0.05, 0) is 12.1 Å². The predicted octanol–water partition coefficient (Wildman–Crippen LogP) is 1.84. The van der Waals surface area contributed by atoms with Crippen molar-refractivity contribution >= 4 is 54.8 Å². The van der Waals surface area contributed by atoms with Crippen molar-refractivity contribution < 1.29 is 22.7 Å². The Kier molecular flexibility index (Phi) is 7.96. The zero-order valence-electron chi connectivity index (χ0n) is 18.6. The highest BCUT2D eigenvalue weighted by atomic mass is 35.5. The number of aromatic nitrogens is 3. The van der Waals surface area contributed by atoms with Gasteiger partial charge in [0.1, 0.15) is 11.1 Å². The van der Waals surface area contributed by atoms with Crippen LogP contribution in [0.3, 0.4) is 0 Å². The fourth-order valence-corrected chi connectivity index (χ4v) is 5.50. The van der Waals surface area contributed by atoms with E-state index in [1.54, 1.807) is 30.3 Å². The van der Waals surface area contributed by atoms with Crippen LogP contribution in [0.4, 0.5) is 5.13 Å². The van der Waals surface area contributed by atoms with Gasteiger partial charge in [-0.1, -0.05) is 17.4 Å². The number of sulfone groups is 1. The molecule has 1 amide bonds. The molecule has 0 N–H and O–H groups in total. The number of methoxy groups -OCH3 is 1. The van der Waals surface area contributed by atoms with Crippen molar-refractivity contribution in [2.45, 2.75) is 4.90 Å². The Balaban J connectivity index is 0.00000306. The van der Waals surface area contributed by atoms with Crippen LogP contribution in [0.1, 0.15) is 10.4 Å². The summed E-state index contributed by atoms with van der Waals surface area (Å²) in [5, 5.41) is 4.62. The molecule has 13 heteroatoms. The molecule has 1 aromatic carbocycles. The van der Waals surface area contributed by atoms with E-state index in [-0.39, 0.29) is 29.1 Å². The lowest BCUT2D eigenvalue weighted by molar-refractivity contribution is 0.0391. The van der Waals surface area contributed by atoms with Crippen LogP contribution in [0.15, 0.2) is 29.3 Å². The SMILES string of the molecule is COc1nn(C)cc1C(=O)N(CCN1CCOCC1)c1nc2c(S(C)(=O)=O)cccc2s1.Cl. The summed E-state index contributed by atoms with van der Waals surface area (Å²) in [7, 11) is -0.284. The molecule has 0 aliphatic carbocycles. The number of carbonyl (C=O) groups is 1. The third-order valence-corrected chi connectivity index (χ3v) is 7.38. The molecule has 0 radical (unpaired) electrons. The van der Waals surface area contributed by atoms with Gasteiger partial charge in [-0.3, -0.25) is 19.3 Å². The molecule has 1 saturated heterocycles. The Morgan fingerprint density at radius 2 is 2.03 bits per heavy atom. The number of ether oxygens (including phenoxy) is 2. The van der Waals surface area contributed by atoms with Gasteiger partial charge in [0.15, 0.2) is 15.0 Å². The molecule has 3 heterocycles. The van der Waals surface area contributed by atoms with Gasteiger partial charge < -0.3 is 9.47 Å². The standard InChI is InChI=1S/C20H25N5O5S2.ClH/c1-23-13-14(18(22-23)29-2)19(26)25(8-7-24-9-11-30-12-10-24)20-21-17-15(31-20)5-4-6-16(17)32(3,27)28;/h4-6,13H,7-12H2,1-3H3;1H. The maximum absolute atomic E-state index is 13.6. The van der Waals surface area contributed by atoms with Gasteiger partial charge in [-0.15, -0.1) is 17.5 Å². The first kappa shape index (κ1) is 25.4. The van der Waals surface area contributed by atoms with E-state index in [9.17, 15) is 13.2 Å². The second-order valence-electron chi connectivity index (χ2n) is 7.51. The van der Waals surface area contributed by atoms with Crippen LogP contribution in [-0.2, 0) is 21.6 Å². The lowest BCUT2D eigenvalue weighted by atomic mass is 10.3. The molecular weight excluding hydrogens is 490 g/mol. The fraction of sp³-hybridized carbons (Fsp3) is 0.450. The lowest BCUT2D eigenvalue weighted by Gasteiger charge is -2.29. The molecule has 1 fully saturated rings. The number of benzene rings is 1. The first-order valence-electron chi connectivity index (χ1n) is 10.1. The number of thiazole rings is 1. The number of fused-ring (bicyclic) bond motifs is 1. The normalized spacial score (nSPS) is 14.8. The van der Waals surface area contributed by atoms with Crippen LogP contribution >= 0.6 is 23.7 Å². The van der Waals surface area contributed by atoms with Crippen LogP contribution in [0, 0.1) is 0 Å². The number of para-hydroxylation sites is 1. The Bertz CT molecular complexity index is 1240. The molecule has 0 unspecified atom stereocenters. The van der Waals surface area contributed by atoms with Crippen LogP contribution in [0.25, 0.3) is 10.2 Å². The zero-order valence-corrected chi connectivity index (χ0v) is 21.0. The molecule has 0 bridgehead atoms. The van der Waals surface area contributed by atoms with E-state index < -0.39 is 9.84 Å². The van der Waals surface area contributed by atoms with Crippen LogP contribution in [0.5, 0.6) is 5.88 Å². The number of hydrogen-bond acceptors (Lipinski definition) is 9. The molecule has 0 spiro atoms. The smallest absolute Gasteiger partial charge is 0.267 e. The van der Waals surface area contributed by atoms with Gasteiger partial charge in [-0.2, -0.15) is 0 Å². The summed E-state index contributed by atoms with van der Waals surface area (Å²) in [5.74, 6) is -0.0741. The Hall–Kier alpha value is -2.25. The second kappa shape index (κ2) is 10.3. The molecule has 1 aliphatic rings. The first-order valence-corrected chi connectivity index (χ1v) is 12.8. The van der Waals surface area contributed by atoms with Crippen molar-refractivity contribution in [1.82, 2.24) is 19.7 Å². The minimum atomic E-state index is -3.47. The Labute approximate surface area is 202 Å². The van der Waals surface area contributed by atoms with E-state index in [1.807, 2.05) is 0 Å². The fourth-order valence-electron chi connectivity index (χ4n) is 3.59. The number of aryl methyl sites for hydroxylation is 1. The van der Waals surface area contributed by atoms with E-state index >= 15 is 0 Å². The minimum absolute atomic E-state index is 0. The van der Waals surface area contributed by atoms with Gasteiger partial charge in [0.05, 0.1) is 29.9 Å². The molecular formula is C20H26ClN5O5S2. The van der Waals surface area contributed by atoms with Crippen molar-refractivity contribution in [2.24, 2.45) is 7.05 Å². The van der Waals surface area contributed by atoms with Crippen LogP contribution in [-0.4, -0.2) is 86.7 Å². The highest BCUT2D eigenvalue weighted by Crippen LogP contribution is 2.34. The molecule has 0 atom stereocenters.